The predicted molar refractivity (Wildman–Crippen MR) is 116 cm³/mol. The topological polar surface area (TPSA) is 55.2 Å². The number of anilines is 2. The molecule has 2 aromatic rings. The van der Waals surface area contributed by atoms with Gasteiger partial charge in [-0.1, -0.05) is 11.6 Å². The Morgan fingerprint density at radius 2 is 1.93 bits per heavy atom. The number of nitrogens with zero attached hydrogens (tertiary/aromatic N) is 1. The van der Waals surface area contributed by atoms with E-state index >= 15 is 0 Å². The van der Waals surface area contributed by atoms with Crippen LogP contribution in [0.3, 0.4) is 0 Å². The van der Waals surface area contributed by atoms with Crippen LogP contribution in [0.25, 0.3) is 0 Å². The molecule has 6 nitrogen and oxygen atoms in total. The minimum absolute atomic E-state index is 0.0254. The van der Waals surface area contributed by atoms with Crippen molar-refractivity contribution in [2.24, 2.45) is 0 Å². The van der Waals surface area contributed by atoms with E-state index in [0.29, 0.717) is 11.6 Å². The van der Waals surface area contributed by atoms with E-state index in [0.717, 1.165) is 53.9 Å². The normalized spacial score (nSPS) is 16.2. The van der Waals surface area contributed by atoms with E-state index in [1.54, 1.807) is 13.2 Å². The van der Waals surface area contributed by atoms with Gasteiger partial charge in [0.25, 0.3) is 5.91 Å². The molecule has 1 unspecified atom stereocenters. The maximum absolute atomic E-state index is 12.7. The van der Waals surface area contributed by atoms with Gasteiger partial charge in [-0.2, -0.15) is 0 Å². The Labute approximate surface area is 177 Å². The number of hydrogen-bond acceptors (Lipinski definition) is 4. The molecular formula is C22H29ClN3O3+. The zero-order chi connectivity index (χ0) is 20.8. The second-order valence-corrected chi connectivity index (χ2v) is 7.77. The molecule has 0 saturated carbocycles. The molecule has 1 heterocycles. The molecule has 0 bridgehead atoms. The molecule has 3 rings (SSSR count). The average Bonchev–Trinajstić information content (AvgIpc) is 2.74. The minimum atomic E-state index is -0.238. The smallest absolute Gasteiger partial charge is 0.282 e. The first-order valence-corrected chi connectivity index (χ1v) is 10.2. The summed E-state index contributed by atoms with van der Waals surface area (Å²) in [7, 11) is 3.63. The van der Waals surface area contributed by atoms with E-state index in [-0.39, 0.29) is 11.9 Å². The van der Waals surface area contributed by atoms with Crippen LogP contribution in [-0.2, 0) is 16.1 Å². The van der Waals surface area contributed by atoms with Gasteiger partial charge in [0.2, 0.25) is 0 Å². The number of nitrogens with one attached hydrogen (secondary N) is 2. The van der Waals surface area contributed by atoms with Gasteiger partial charge in [0.05, 0.1) is 27.4 Å². The van der Waals surface area contributed by atoms with Crippen molar-refractivity contribution in [2.75, 3.05) is 50.7 Å². The monoisotopic (exact) mass is 418 g/mol. The van der Waals surface area contributed by atoms with Crippen molar-refractivity contribution >= 4 is 28.9 Å². The van der Waals surface area contributed by atoms with Crippen LogP contribution in [0, 0.1) is 0 Å². The van der Waals surface area contributed by atoms with Gasteiger partial charge in [-0.25, -0.2) is 0 Å². The number of amides is 1. The van der Waals surface area contributed by atoms with Gasteiger partial charge >= 0.3 is 0 Å². The van der Waals surface area contributed by atoms with Gasteiger partial charge in [-0.05, 0) is 49.4 Å². The second kappa shape index (κ2) is 9.96. The van der Waals surface area contributed by atoms with Crippen molar-refractivity contribution < 1.29 is 19.2 Å². The van der Waals surface area contributed by atoms with Crippen molar-refractivity contribution in [3.8, 4) is 5.75 Å². The third-order valence-electron chi connectivity index (χ3n) is 5.36. The number of methoxy groups -OCH3 is 1. The van der Waals surface area contributed by atoms with E-state index in [1.165, 1.54) is 0 Å². The average molecular weight is 419 g/mol. The first-order valence-electron chi connectivity index (χ1n) is 9.86. The lowest BCUT2D eigenvalue weighted by molar-refractivity contribution is -0.907. The summed E-state index contributed by atoms with van der Waals surface area (Å²) in [4.78, 5) is 16.1. The summed E-state index contributed by atoms with van der Waals surface area (Å²) < 4.78 is 10.8. The number of quaternary nitrogens is 1. The number of ether oxygens (including phenoxy) is 2. The van der Waals surface area contributed by atoms with E-state index < -0.39 is 0 Å². The lowest BCUT2D eigenvalue weighted by Gasteiger charge is -2.29. The molecule has 7 heteroatoms. The fraction of sp³-hybridized carbons (Fsp3) is 0.409. The molecule has 2 atom stereocenters. The van der Waals surface area contributed by atoms with Crippen LogP contribution in [0.2, 0.25) is 5.02 Å². The lowest BCUT2D eigenvalue weighted by Crippen LogP contribution is -3.12. The van der Waals surface area contributed by atoms with Crippen LogP contribution in [0.5, 0.6) is 5.75 Å². The summed E-state index contributed by atoms with van der Waals surface area (Å²) in [6.45, 7) is 5.84. The first kappa shape index (κ1) is 21.4. The van der Waals surface area contributed by atoms with Gasteiger partial charge < -0.3 is 24.6 Å². The summed E-state index contributed by atoms with van der Waals surface area (Å²) in [6.07, 6.45) is 0. The maximum Gasteiger partial charge on any atom is 0.282 e. The van der Waals surface area contributed by atoms with Crippen LogP contribution >= 0.6 is 11.6 Å². The second-order valence-electron chi connectivity index (χ2n) is 7.34. The Balaban J connectivity index is 1.59. The van der Waals surface area contributed by atoms with Crippen molar-refractivity contribution in [1.29, 1.82) is 0 Å². The zero-order valence-corrected chi connectivity index (χ0v) is 18.0. The molecule has 1 amide bonds. The molecule has 0 radical (unpaired) electrons. The molecule has 1 saturated heterocycles. The highest BCUT2D eigenvalue weighted by Gasteiger charge is 2.23. The van der Waals surface area contributed by atoms with Crippen LogP contribution in [0.1, 0.15) is 12.5 Å². The number of rotatable bonds is 7. The quantitative estimate of drug-likeness (QED) is 0.724. The molecule has 0 spiro atoms. The number of likely N-dealkylation sites (N-methyl/N-ethyl adjacent to an activating group) is 1. The molecule has 29 heavy (non-hydrogen) atoms. The summed E-state index contributed by atoms with van der Waals surface area (Å²) >= 11 is 6.12. The Bertz CT molecular complexity index is 823. The highest BCUT2D eigenvalue weighted by atomic mass is 35.5. The molecule has 0 aromatic heterocycles. The maximum atomic E-state index is 12.7. The van der Waals surface area contributed by atoms with Crippen LogP contribution in [-0.4, -0.2) is 52.4 Å². The molecule has 0 aliphatic carbocycles. The summed E-state index contributed by atoms with van der Waals surface area (Å²) in [5.41, 5.74) is 2.93. The van der Waals surface area contributed by atoms with Crippen molar-refractivity contribution in [2.45, 2.75) is 19.5 Å². The van der Waals surface area contributed by atoms with Gasteiger partial charge in [0.1, 0.15) is 12.3 Å². The van der Waals surface area contributed by atoms with Gasteiger partial charge in [-0.15, -0.1) is 0 Å². The van der Waals surface area contributed by atoms with E-state index in [9.17, 15) is 4.79 Å². The number of hydrogen-bond donors (Lipinski definition) is 2. The molecule has 1 aliphatic heterocycles. The van der Waals surface area contributed by atoms with Crippen LogP contribution < -0.4 is 19.9 Å². The SMILES string of the molecule is COc1ccc(Cl)cc1C[NH+](C)[C@@H](C)C(=O)Nc1ccc(N2CCOCC2)cc1. The minimum Gasteiger partial charge on any atom is -0.496 e. The van der Waals surface area contributed by atoms with Gasteiger partial charge in [0, 0.05) is 35.1 Å². The summed E-state index contributed by atoms with van der Waals surface area (Å²) in [5.74, 6) is 0.752. The number of halogens is 1. The third-order valence-corrected chi connectivity index (χ3v) is 5.59. The number of carbonyl (C=O) groups is 1. The van der Waals surface area contributed by atoms with Gasteiger partial charge in [-0.3, -0.25) is 4.79 Å². The fourth-order valence-electron chi connectivity index (χ4n) is 3.39. The van der Waals surface area contributed by atoms with E-state index in [2.05, 4.69) is 10.2 Å². The number of morpholine rings is 1. The predicted octanol–water partition coefficient (Wildman–Crippen LogP) is 2.23. The summed E-state index contributed by atoms with van der Waals surface area (Å²) in [6, 6.07) is 13.3. The highest BCUT2D eigenvalue weighted by Crippen LogP contribution is 2.22. The van der Waals surface area contributed by atoms with Crippen LogP contribution in [0.4, 0.5) is 11.4 Å². The van der Waals surface area contributed by atoms with E-state index in [4.69, 9.17) is 21.1 Å². The Morgan fingerprint density at radius 1 is 1.24 bits per heavy atom. The fourth-order valence-corrected chi connectivity index (χ4v) is 3.58. The standard InChI is InChI=1S/C22H28ClN3O3/c1-16(25(2)15-17-14-18(23)4-9-21(17)28-3)22(27)24-19-5-7-20(8-6-19)26-10-12-29-13-11-26/h4-9,14,16H,10-13,15H2,1-3H3,(H,24,27)/p+1/t16-/m0/s1. The van der Waals surface area contributed by atoms with Gasteiger partial charge in [0.15, 0.2) is 6.04 Å². The molecule has 2 aromatic carbocycles. The lowest BCUT2D eigenvalue weighted by atomic mass is 10.1. The van der Waals surface area contributed by atoms with Crippen LogP contribution in [0.15, 0.2) is 42.5 Å². The number of benzene rings is 2. The zero-order valence-electron chi connectivity index (χ0n) is 17.2. The van der Waals surface area contributed by atoms with Crippen molar-refractivity contribution in [3.05, 3.63) is 53.1 Å². The third kappa shape index (κ3) is 5.63. The Kier molecular flexibility index (Phi) is 7.36. The van der Waals surface area contributed by atoms with E-state index in [1.807, 2.05) is 50.4 Å². The number of carbonyl (C=O) groups excluding carboxylic acids is 1. The molecule has 2 N–H and O–H groups in total. The largest absolute Gasteiger partial charge is 0.496 e. The Hall–Kier alpha value is -2.28. The summed E-state index contributed by atoms with van der Waals surface area (Å²) in [5, 5.41) is 3.68. The highest BCUT2D eigenvalue weighted by molar-refractivity contribution is 6.30. The molecular weight excluding hydrogens is 390 g/mol. The van der Waals surface area contributed by atoms with Crippen molar-refractivity contribution in [3.63, 3.8) is 0 Å². The van der Waals surface area contributed by atoms with Crippen molar-refractivity contribution in [1.82, 2.24) is 0 Å². The first-order chi connectivity index (χ1) is 14.0. The molecule has 1 aliphatic rings. The molecule has 156 valence electrons. The molecule has 1 fully saturated rings. The Morgan fingerprint density at radius 3 is 2.59 bits per heavy atom.